The van der Waals surface area contributed by atoms with Crippen LogP contribution in [0.3, 0.4) is 0 Å². The average molecular weight is 445 g/mol. The molecule has 0 aliphatic carbocycles. The topological polar surface area (TPSA) is 78.3 Å². The van der Waals surface area contributed by atoms with Crippen LogP contribution >= 0.6 is 0 Å². The SMILES string of the molecule is CNC(=O)CN1CCC(c2ccc3[nH]c(-c4cc(C)n5ncnc5c4)c(C(C)C)c3c2)CC1. The van der Waals surface area contributed by atoms with E-state index in [1.165, 1.54) is 27.7 Å². The van der Waals surface area contributed by atoms with Gasteiger partial charge < -0.3 is 10.3 Å². The molecule has 0 saturated carbocycles. The third-order valence-corrected chi connectivity index (χ3v) is 6.99. The number of nitrogens with one attached hydrogen (secondary N) is 2. The van der Waals surface area contributed by atoms with Crippen LogP contribution in [0, 0.1) is 6.92 Å². The van der Waals surface area contributed by atoms with Crippen molar-refractivity contribution in [2.24, 2.45) is 0 Å². The first-order valence-corrected chi connectivity index (χ1v) is 11.8. The number of pyridine rings is 1. The van der Waals surface area contributed by atoms with Gasteiger partial charge in [-0.1, -0.05) is 19.9 Å². The molecule has 5 rings (SSSR count). The standard InChI is InChI=1S/C26H32N6O/c1-16(2)25-21-12-19(18-7-9-31(10-8-18)14-24(33)27-4)5-6-22(21)30-26(25)20-11-17(3)32-23(13-20)28-15-29-32/h5-6,11-13,15-16,18,30H,7-10,14H2,1-4H3,(H,27,33). The number of piperidine rings is 1. The molecule has 1 aliphatic heterocycles. The molecule has 1 amide bonds. The third kappa shape index (κ3) is 4.02. The average Bonchev–Trinajstić information content (AvgIpc) is 3.44. The Bertz CT molecular complexity index is 1310. The Balaban J connectivity index is 1.48. The van der Waals surface area contributed by atoms with Gasteiger partial charge in [0.2, 0.25) is 5.91 Å². The summed E-state index contributed by atoms with van der Waals surface area (Å²) in [5.74, 6) is 1.01. The van der Waals surface area contributed by atoms with Crippen LogP contribution in [0.2, 0.25) is 0 Å². The molecule has 0 radical (unpaired) electrons. The Morgan fingerprint density at radius 3 is 2.73 bits per heavy atom. The van der Waals surface area contributed by atoms with E-state index in [9.17, 15) is 4.79 Å². The van der Waals surface area contributed by atoms with Gasteiger partial charge in [-0.15, -0.1) is 0 Å². The minimum Gasteiger partial charge on any atom is -0.358 e. The number of aryl methyl sites for hydroxylation is 1. The third-order valence-electron chi connectivity index (χ3n) is 6.99. The lowest BCUT2D eigenvalue weighted by Gasteiger charge is -2.31. The van der Waals surface area contributed by atoms with Gasteiger partial charge in [0.25, 0.3) is 0 Å². The molecule has 4 aromatic rings. The van der Waals surface area contributed by atoms with Crippen LogP contribution in [0.5, 0.6) is 0 Å². The van der Waals surface area contributed by atoms with Crippen LogP contribution in [0.4, 0.5) is 0 Å². The first kappa shape index (κ1) is 21.6. The number of fused-ring (bicyclic) bond motifs is 2. The normalized spacial score (nSPS) is 15.7. The zero-order valence-corrected chi connectivity index (χ0v) is 19.9. The summed E-state index contributed by atoms with van der Waals surface area (Å²) in [6.07, 6.45) is 3.77. The lowest BCUT2D eigenvalue weighted by Crippen LogP contribution is -2.40. The Kier molecular flexibility index (Phi) is 5.66. The van der Waals surface area contributed by atoms with Crippen molar-refractivity contribution in [3.63, 3.8) is 0 Å². The van der Waals surface area contributed by atoms with Gasteiger partial charge >= 0.3 is 0 Å². The quantitative estimate of drug-likeness (QED) is 0.483. The molecule has 7 nitrogen and oxygen atoms in total. The monoisotopic (exact) mass is 444 g/mol. The maximum Gasteiger partial charge on any atom is 0.233 e. The molecular weight excluding hydrogens is 412 g/mol. The predicted octanol–water partition coefficient (Wildman–Crippen LogP) is 4.23. The molecule has 1 saturated heterocycles. The van der Waals surface area contributed by atoms with E-state index in [1.807, 2.05) is 4.52 Å². The van der Waals surface area contributed by atoms with E-state index in [4.69, 9.17) is 0 Å². The van der Waals surface area contributed by atoms with Crippen LogP contribution in [0.25, 0.3) is 27.8 Å². The molecule has 172 valence electrons. The number of rotatable bonds is 5. The van der Waals surface area contributed by atoms with E-state index < -0.39 is 0 Å². The second kappa shape index (κ2) is 8.63. The highest BCUT2D eigenvalue weighted by Crippen LogP contribution is 2.38. The van der Waals surface area contributed by atoms with Crippen LogP contribution in [0.15, 0.2) is 36.7 Å². The summed E-state index contributed by atoms with van der Waals surface area (Å²) in [6.45, 7) is 9.01. The summed E-state index contributed by atoms with van der Waals surface area (Å²) < 4.78 is 1.87. The second-order valence-electron chi connectivity index (χ2n) is 9.51. The van der Waals surface area contributed by atoms with Crippen LogP contribution in [-0.4, -0.2) is 57.1 Å². The number of aromatic amines is 1. The van der Waals surface area contributed by atoms with Crippen LogP contribution in [0.1, 0.15) is 55.3 Å². The van der Waals surface area contributed by atoms with E-state index in [1.54, 1.807) is 13.4 Å². The molecule has 1 aromatic carbocycles. The van der Waals surface area contributed by atoms with E-state index in [2.05, 4.69) is 76.4 Å². The predicted molar refractivity (Wildman–Crippen MR) is 132 cm³/mol. The van der Waals surface area contributed by atoms with Gasteiger partial charge in [-0.05, 0) is 80.1 Å². The van der Waals surface area contributed by atoms with Crippen molar-refractivity contribution >= 4 is 22.5 Å². The molecule has 33 heavy (non-hydrogen) atoms. The van der Waals surface area contributed by atoms with Gasteiger partial charge in [0.15, 0.2) is 5.65 Å². The molecule has 0 spiro atoms. The summed E-state index contributed by atoms with van der Waals surface area (Å²) in [6, 6.07) is 11.2. The fraction of sp³-hybridized carbons (Fsp3) is 0.423. The number of carbonyl (C=O) groups excluding carboxylic acids is 1. The summed E-state index contributed by atoms with van der Waals surface area (Å²) >= 11 is 0. The summed E-state index contributed by atoms with van der Waals surface area (Å²) in [5.41, 5.74) is 8.18. The molecular formula is C26H32N6O. The van der Waals surface area contributed by atoms with Crippen LogP contribution < -0.4 is 5.32 Å². The minimum atomic E-state index is 0.0934. The summed E-state index contributed by atoms with van der Waals surface area (Å²) in [5, 5.41) is 8.35. The Morgan fingerprint density at radius 1 is 1.21 bits per heavy atom. The van der Waals surface area contributed by atoms with Gasteiger partial charge in [0.1, 0.15) is 6.33 Å². The van der Waals surface area contributed by atoms with Gasteiger partial charge in [0.05, 0.1) is 12.2 Å². The van der Waals surface area contributed by atoms with Gasteiger partial charge in [-0.3, -0.25) is 9.69 Å². The number of aromatic nitrogens is 4. The van der Waals surface area contributed by atoms with E-state index >= 15 is 0 Å². The Hall–Kier alpha value is -3.19. The van der Waals surface area contributed by atoms with Crippen molar-refractivity contribution in [3.05, 3.63) is 53.5 Å². The maximum absolute atomic E-state index is 11.7. The van der Waals surface area contributed by atoms with Crippen molar-refractivity contribution in [2.45, 2.75) is 45.4 Å². The molecule has 2 N–H and O–H groups in total. The van der Waals surface area contributed by atoms with Crippen molar-refractivity contribution in [2.75, 3.05) is 26.7 Å². The number of likely N-dealkylation sites (N-methyl/N-ethyl adjacent to an activating group) is 1. The Labute approximate surface area is 194 Å². The van der Waals surface area contributed by atoms with Crippen LogP contribution in [-0.2, 0) is 4.79 Å². The first-order valence-electron chi connectivity index (χ1n) is 11.8. The molecule has 0 unspecified atom stereocenters. The number of amides is 1. The van der Waals surface area contributed by atoms with Crippen molar-refractivity contribution in [3.8, 4) is 11.3 Å². The number of carbonyl (C=O) groups is 1. The molecule has 1 fully saturated rings. The highest BCUT2D eigenvalue weighted by molar-refractivity contribution is 5.92. The molecule has 4 heterocycles. The van der Waals surface area contributed by atoms with Gasteiger partial charge in [-0.25, -0.2) is 9.50 Å². The van der Waals surface area contributed by atoms with Crippen molar-refractivity contribution in [1.29, 1.82) is 0 Å². The molecule has 0 bridgehead atoms. The van der Waals surface area contributed by atoms with E-state index in [0.717, 1.165) is 42.8 Å². The highest BCUT2D eigenvalue weighted by Gasteiger charge is 2.24. The number of H-pyrrole nitrogens is 1. The number of likely N-dealkylation sites (tertiary alicyclic amines) is 1. The highest BCUT2D eigenvalue weighted by atomic mass is 16.1. The number of nitrogens with zero attached hydrogens (tertiary/aromatic N) is 4. The first-order chi connectivity index (χ1) is 15.9. The fourth-order valence-electron chi connectivity index (χ4n) is 5.25. The number of benzene rings is 1. The van der Waals surface area contributed by atoms with Crippen molar-refractivity contribution < 1.29 is 4.79 Å². The second-order valence-corrected chi connectivity index (χ2v) is 9.51. The maximum atomic E-state index is 11.7. The number of hydrogen-bond donors (Lipinski definition) is 2. The smallest absolute Gasteiger partial charge is 0.233 e. The minimum absolute atomic E-state index is 0.0934. The lowest BCUT2D eigenvalue weighted by atomic mass is 9.87. The summed E-state index contributed by atoms with van der Waals surface area (Å²) in [7, 11) is 1.70. The zero-order chi connectivity index (χ0) is 23.1. The zero-order valence-electron chi connectivity index (χ0n) is 19.9. The molecule has 1 aliphatic rings. The lowest BCUT2D eigenvalue weighted by molar-refractivity contribution is -0.122. The number of hydrogen-bond acceptors (Lipinski definition) is 4. The van der Waals surface area contributed by atoms with Gasteiger partial charge in [0, 0.05) is 29.2 Å². The molecule has 3 aromatic heterocycles. The molecule has 7 heteroatoms. The van der Waals surface area contributed by atoms with E-state index in [-0.39, 0.29) is 5.91 Å². The molecule has 0 atom stereocenters. The van der Waals surface area contributed by atoms with Crippen molar-refractivity contribution in [1.82, 2.24) is 29.8 Å². The largest absolute Gasteiger partial charge is 0.358 e. The fourth-order valence-corrected chi connectivity index (χ4v) is 5.25. The Morgan fingerprint density at radius 2 is 2.00 bits per heavy atom. The summed E-state index contributed by atoms with van der Waals surface area (Å²) in [4.78, 5) is 22.1. The van der Waals surface area contributed by atoms with E-state index in [0.29, 0.717) is 18.4 Å². The van der Waals surface area contributed by atoms with Gasteiger partial charge in [-0.2, -0.15) is 5.10 Å².